The zero-order chi connectivity index (χ0) is 8.69. The molecule has 0 saturated heterocycles. The fraction of sp³-hybridized carbons (Fsp3) is 0.333. The van der Waals surface area contributed by atoms with E-state index < -0.39 is 5.97 Å². The Balaban J connectivity index is 0.000000187. The molecule has 0 fully saturated rings. The molecule has 0 aromatic carbocycles. The molecule has 0 spiro atoms. The number of aromatic amines is 1. The van der Waals surface area contributed by atoms with Gasteiger partial charge < -0.3 is 15.8 Å². The largest absolute Gasteiger partial charge is 0.480 e. The summed E-state index contributed by atoms with van der Waals surface area (Å²) < 4.78 is 0. The van der Waals surface area contributed by atoms with E-state index in [1.807, 2.05) is 6.92 Å². The SMILES string of the molecule is Cc1ncc[nH]1.NCC(=O)O. The summed E-state index contributed by atoms with van der Waals surface area (Å²) >= 11 is 0. The number of nitrogens with one attached hydrogen (secondary N) is 1. The zero-order valence-corrected chi connectivity index (χ0v) is 6.24. The van der Waals surface area contributed by atoms with Crippen LogP contribution in [0.2, 0.25) is 0 Å². The van der Waals surface area contributed by atoms with Gasteiger partial charge in [-0.3, -0.25) is 4.79 Å². The molecule has 0 unspecified atom stereocenters. The Morgan fingerprint density at radius 1 is 1.91 bits per heavy atom. The van der Waals surface area contributed by atoms with Crippen LogP contribution in [0.3, 0.4) is 0 Å². The summed E-state index contributed by atoms with van der Waals surface area (Å²) in [6, 6.07) is 0. The van der Waals surface area contributed by atoms with E-state index in [0.717, 1.165) is 5.82 Å². The molecule has 0 amide bonds. The average molecular weight is 157 g/mol. The average Bonchev–Trinajstić information content (AvgIpc) is 2.41. The van der Waals surface area contributed by atoms with Crippen molar-refractivity contribution in [3.05, 3.63) is 18.2 Å². The van der Waals surface area contributed by atoms with Crippen molar-refractivity contribution in [1.29, 1.82) is 0 Å². The Morgan fingerprint density at radius 2 is 2.45 bits per heavy atom. The second kappa shape index (κ2) is 5.43. The van der Waals surface area contributed by atoms with E-state index >= 15 is 0 Å². The number of carboxylic acid groups (broad SMARTS) is 1. The molecule has 1 heterocycles. The summed E-state index contributed by atoms with van der Waals surface area (Å²) in [5, 5.41) is 7.60. The predicted molar refractivity (Wildman–Crippen MR) is 40.0 cm³/mol. The van der Waals surface area contributed by atoms with Crippen LogP contribution in [-0.4, -0.2) is 27.6 Å². The Hall–Kier alpha value is -1.36. The molecule has 5 heteroatoms. The van der Waals surface area contributed by atoms with Crippen molar-refractivity contribution in [1.82, 2.24) is 9.97 Å². The fourth-order valence-corrected chi connectivity index (χ4v) is 0.344. The number of rotatable bonds is 1. The molecular formula is C6H11N3O2. The molecule has 0 aliphatic rings. The van der Waals surface area contributed by atoms with Crippen molar-refractivity contribution < 1.29 is 9.90 Å². The number of imidazole rings is 1. The number of aliphatic carboxylic acids is 1. The minimum Gasteiger partial charge on any atom is -0.480 e. The van der Waals surface area contributed by atoms with E-state index in [1.54, 1.807) is 12.4 Å². The van der Waals surface area contributed by atoms with E-state index in [4.69, 9.17) is 5.11 Å². The first-order chi connectivity index (χ1) is 5.16. The van der Waals surface area contributed by atoms with Crippen LogP contribution in [0.4, 0.5) is 0 Å². The number of carbonyl (C=O) groups is 1. The smallest absolute Gasteiger partial charge is 0.317 e. The van der Waals surface area contributed by atoms with Gasteiger partial charge in [0.2, 0.25) is 0 Å². The number of carboxylic acids is 1. The third-order valence-corrected chi connectivity index (χ3v) is 0.810. The number of nitrogens with two attached hydrogens (primary N) is 1. The van der Waals surface area contributed by atoms with Gasteiger partial charge in [0.25, 0.3) is 0 Å². The van der Waals surface area contributed by atoms with Gasteiger partial charge in [0.05, 0.1) is 6.54 Å². The standard InChI is InChI=1S/C4H6N2.C2H5NO2/c1-4-5-2-3-6-4;3-1-2(4)5/h2-3H,1H3,(H,5,6);1,3H2,(H,4,5). The van der Waals surface area contributed by atoms with Crippen molar-refractivity contribution in [3.63, 3.8) is 0 Å². The van der Waals surface area contributed by atoms with Crippen LogP contribution in [-0.2, 0) is 4.79 Å². The quantitative estimate of drug-likeness (QED) is 0.524. The normalized spacial score (nSPS) is 8.18. The van der Waals surface area contributed by atoms with Gasteiger partial charge in [-0.15, -0.1) is 0 Å². The number of aryl methyl sites for hydroxylation is 1. The lowest BCUT2D eigenvalue weighted by Gasteiger charge is -1.73. The van der Waals surface area contributed by atoms with E-state index in [-0.39, 0.29) is 6.54 Å². The lowest BCUT2D eigenvalue weighted by molar-refractivity contribution is -0.135. The third kappa shape index (κ3) is 6.53. The Labute approximate surface area is 64.3 Å². The van der Waals surface area contributed by atoms with Gasteiger partial charge in [-0.1, -0.05) is 0 Å². The number of H-pyrrole nitrogens is 1. The van der Waals surface area contributed by atoms with Crippen molar-refractivity contribution >= 4 is 5.97 Å². The Bertz CT molecular complexity index is 196. The summed E-state index contributed by atoms with van der Waals surface area (Å²) in [6.07, 6.45) is 3.53. The van der Waals surface area contributed by atoms with Gasteiger partial charge in [0, 0.05) is 12.4 Å². The summed E-state index contributed by atoms with van der Waals surface area (Å²) in [7, 11) is 0. The molecule has 1 rings (SSSR count). The van der Waals surface area contributed by atoms with E-state index in [0.29, 0.717) is 0 Å². The molecule has 4 N–H and O–H groups in total. The van der Waals surface area contributed by atoms with Gasteiger partial charge in [-0.25, -0.2) is 4.98 Å². The number of hydrogen-bond donors (Lipinski definition) is 3. The van der Waals surface area contributed by atoms with Crippen LogP contribution < -0.4 is 5.73 Å². The molecule has 0 radical (unpaired) electrons. The molecule has 0 aliphatic carbocycles. The van der Waals surface area contributed by atoms with Gasteiger partial charge in [0.1, 0.15) is 5.82 Å². The van der Waals surface area contributed by atoms with Crippen molar-refractivity contribution in [2.45, 2.75) is 6.92 Å². The van der Waals surface area contributed by atoms with Crippen LogP contribution in [0.15, 0.2) is 12.4 Å². The second-order valence-corrected chi connectivity index (χ2v) is 1.77. The van der Waals surface area contributed by atoms with E-state index in [9.17, 15) is 4.79 Å². The van der Waals surface area contributed by atoms with Crippen LogP contribution in [0.25, 0.3) is 0 Å². The molecule has 1 aromatic heterocycles. The summed E-state index contributed by atoms with van der Waals surface area (Å²) in [6.45, 7) is 1.64. The Kier molecular flexibility index (Phi) is 4.76. The van der Waals surface area contributed by atoms with Gasteiger partial charge in [-0.2, -0.15) is 0 Å². The maximum atomic E-state index is 9.24. The molecule has 0 aliphatic heterocycles. The lowest BCUT2D eigenvalue weighted by Crippen LogP contribution is -2.10. The lowest BCUT2D eigenvalue weighted by atomic mass is 10.7. The topological polar surface area (TPSA) is 92.0 Å². The van der Waals surface area contributed by atoms with Crippen molar-refractivity contribution in [2.75, 3.05) is 6.54 Å². The fourth-order valence-electron chi connectivity index (χ4n) is 0.344. The minimum atomic E-state index is -0.968. The minimum absolute atomic E-state index is 0.278. The summed E-state index contributed by atoms with van der Waals surface area (Å²) in [4.78, 5) is 16.0. The third-order valence-electron chi connectivity index (χ3n) is 0.810. The first-order valence-corrected chi connectivity index (χ1v) is 3.04. The number of nitrogens with zero attached hydrogens (tertiary/aromatic N) is 1. The van der Waals surface area contributed by atoms with Crippen LogP contribution in [0.1, 0.15) is 5.82 Å². The maximum absolute atomic E-state index is 9.24. The molecule has 5 nitrogen and oxygen atoms in total. The summed E-state index contributed by atoms with van der Waals surface area (Å²) in [5.41, 5.74) is 4.57. The molecule has 1 aromatic rings. The van der Waals surface area contributed by atoms with Crippen LogP contribution in [0, 0.1) is 6.92 Å². The van der Waals surface area contributed by atoms with Gasteiger partial charge >= 0.3 is 5.97 Å². The molecule has 62 valence electrons. The summed E-state index contributed by atoms with van der Waals surface area (Å²) in [5.74, 6) is 0.000000000000000444. The Morgan fingerprint density at radius 3 is 2.55 bits per heavy atom. The van der Waals surface area contributed by atoms with Crippen LogP contribution >= 0.6 is 0 Å². The first-order valence-electron chi connectivity index (χ1n) is 3.04. The van der Waals surface area contributed by atoms with Crippen molar-refractivity contribution in [2.24, 2.45) is 5.73 Å². The second-order valence-electron chi connectivity index (χ2n) is 1.77. The number of hydrogen-bond acceptors (Lipinski definition) is 3. The molecule has 0 saturated carbocycles. The van der Waals surface area contributed by atoms with Crippen molar-refractivity contribution in [3.8, 4) is 0 Å². The van der Waals surface area contributed by atoms with Gasteiger partial charge in [-0.05, 0) is 6.92 Å². The zero-order valence-electron chi connectivity index (χ0n) is 6.24. The molecule has 0 atom stereocenters. The van der Waals surface area contributed by atoms with Gasteiger partial charge in [0.15, 0.2) is 0 Å². The molecular weight excluding hydrogens is 146 g/mol. The maximum Gasteiger partial charge on any atom is 0.317 e. The monoisotopic (exact) mass is 157 g/mol. The van der Waals surface area contributed by atoms with Crippen LogP contribution in [0.5, 0.6) is 0 Å². The highest BCUT2D eigenvalue weighted by molar-refractivity contribution is 5.68. The number of aromatic nitrogens is 2. The highest BCUT2D eigenvalue weighted by Crippen LogP contribution is 1.78. The molecule has 11 heavy (non-hydrogen) atoms. The first kappa shape index (κ1) is 9.64. The van der Waals surface area contributed by atoms with E-state index in [2.05, 4.69) is 15.7 Å². The highest BCUT2D eigenvalue weighted by atomic mass is 16.4. The molecule has 0 bridgehead atoms. The predicted octanol–water partition coefficient (Wildman–Crippen LogP) is -0.252. The highest BCUT2D eigenvalue weighted by Gasteiger charge is 1.81. The van der Waals surface area contributed by atoms with E-state index in [1.165, 1.54) is 0 Å².